The summed E-state index contributed by atoms with van der Waals surface area (Å²) in [6.45, 7) is 5.96. The van der Waals surface area contributed by atoms with Crippen molar-refractivity contribution in [2.24, 2.45) is 0 Å². The van der Waals surface area contributed by atoms with E-state index in [2.05, 4.69) is 32.8 Å². The highest BCUT2D eigenvalue weighted by Gasteiger charge is 2.19. The van der Waals surface area contributed by atoms with E-state index in [9.17, 15) is 4.79 Å². The highest BCUT2D eigenvalue weighted by molar-refractivity contribution is 7.09. The summed E-state index contributed by atoms with van der Waals surface area (Å²) in [4.78, 5) is 18.1. The molecule has 0 aromatic carbocycles. The molecule has 3 rings (SSSR count). The molecular formula is C17H24ClN5OS. The van der Waals surface area contributed by atoms with E-state index in [-0.39, 0.29) is 6.03 Å². The number of hydrogen-bond donors (Lipinski definition) is 1. The fourth-order valence-electron chi connectivity index (χ4n) is 2.96. The molecule has 1 fully saturated rings. The maximum atomic E-state index is 12.3. The van der Waals surface area contributed by atoms with Gasteiger partial charge in [-0.25, -0.2) is 4.79 Å². The van der Waals surface area contributed by atoms with Crippen molar-refractivity contribution >= 4 is 29.0 Å². The van der Waals surface area contributed by atoms with Gasteiger partial charge < -0.3 is 10.2 Å². The largest absolute Gasteiger partial charge is 0.338 e. The molecule has 0 aliphatic carbocycles. The summed E-state index contributed by atoms with van der Waals surface area (Å²) in [5.41, 5.74) is 0. The van der Waals surface area contributed by atoms with Crippen molar-refractivity contribution in [3.05, 3.63) is 39.8 Å². The first kappa shape index (κ1) is 18.2. The molecule has 2 amide bonds. The Balaban J connectivity index is 1.36. The summed E-state index contributed by atoms with van der Waals surface area (Å²) in [5, 5.41) is 9.90. The van der Waals surface area contributed by atoms with Crippen molar-refractivity contribution in [2.45, 2.75) is 25.9 Å². The molecule has 0 radical (unpaired) electrons. The number of nitrogens with one attached hydrogen (secondary N) is 1. The molecule has 0 bridgehead atoms. The predicted molar refractivity (Wildman–Crippen MR) is 101 cm³/mol. The number of rotatable bonds is 6. The number of carbonyl (C=O) groups is 1. The molecule has 25 heavy (non-hydrogen) atoms. The van der Waals surface area contributed by atoms with E-state index < -0.39 is 0 Å². The molecule has 2 aromatic heterocycles. The van der Waals surface area contributed by atoms with Gasteiger partial charge in [-0.15, -0.1) is 11.3 Å². The van der Waals surface area contributed by atoms with E-state index in [1.807, 2.05) is 4.90 Å². The second-order valence-electron chi connectivity index (χ2n) is 6.20. The second-order valence-corrected chi connectivity index (χ2v) is 7.67. The number of nitrogens with zero attached hydrogens (tertiary/aromatic N) is 4. The first-order valence-electron chi connectivity index (χ1n) is 8.66. The zero-order chi connectivity index (χ0) is 17.5. The van der Waals surface area contributed by atoms with Crippen molar-refractivity contribution in [2.75, 3.05) is 32.7 Å². The molecule has 1 aliphatic heterocycles. The van der Waals surface area contributed by atoms with Gasteiger partial charge in [-0.3, -0.25) is 9.58 Å². The Morgan fingerprint density at radius 3 is 3.00 bits per heavy atom. The van der Waals surface area contributed by atoms with Crippen molar-refractivity contribution < 1.29 is 4.79 Å². The molecular weight excluding hydrogens is 358 g/mol. The topological polar surface area (TPSA) is 53.4 Å². The summed E-state index contributed by atoms with van der Waals surface area (Å²) in [5.74, 6) is 0. The minimum atomic E-state index is 0.0384. The van der Waals surface area contributed by atoms with Gasteiger partial charge in [0.25, 0.3) is 0 Å². The normalized spacial score (nSPS) is 16.0. The zero-order valence-corrected chi connectivity index (χ0v) is 15.8. The van der Waals surface area contributed by atoms with Gasteiger partial charge >= 0.3 is 6.03 Å². The van der Waals surface area contributed by atoms with Crippen LogP contribution in [0.25, 0.3) is 0 Å². The number of carbonyl (C=O) groups excluding carboxylic acids is 1. The molecule has 1 N–H and O–H groups in total. The lowest BCUT2D eigenvalue weighted by Gasteiger charge is -2.22. The smallest absolute Gasteiger partial charge is 0.317 e. The van der Waals surface area contributed by atoms with Gasteiger partial charge in [0.15, 0.2) is 0 Å². The van der Waals surface area contributed by atoms with Crippen molar-refractivity contribution in [3.63, 3.8) is 0 Å². The number of aryl methyl sites for hydroxylation is 1. The van der Waals surface area contributed by atoms with E-state index in [4.69, 9.17) is 11.6 Å². The highest BCUT2D eigenvalue weighted by atomic mass is 35.5. The number of urea groups is 1. The van der Waals surface area contributed by atoms with Crippen LogP contribution in [0.15, 0.2) is 29.9 Å². The lowest BCUT2D eigenvalue weighted by Crippen LogP contribution is -2.42. The number of hydrogen-bond acceptors (Lipinski definition) is 4. The van der Waals surface area contributed by atoms with Gasteiger partial charge in [-0.2, -0.15) is 5.10 Å². The van der Waals surface area contributed by atoms with Crippen LogP contribution >= 0.6 is 22.9 Å². The Morgan fingerprint density at radius 2 is 2.24 bits per heavy atom. The van der Waals surface area contributed by atoms with Crippen LogP contribution in [0.1, 0.15) is 17.7 Å². The Labute approximate surface area is 157 Å². The van der Waals surface area contributed by atoms with Gasteiger partial charge in [0.05, 0.1) is 11.2 Å². The molecule has 1 aliphatic rings. The molecule has 6 nitrogen and oxygen atoms in total. The number of thiophene rings is 1. The Hall–Kier alpha value is -1.57. The van der Waals surface area contributed by atoms with Crippen molar-refractivity contribution in [1.82, 2.24) is 24.9 Å². The van der Waals surface area contributed by atoms with E-state index in [0.717, 1.165) is 52.1 Å². The lowest BCUT2D eigenvalue weighted by molar-refractivity contribution is 0.197. The van der Waals surface area contributed by atoms with Gasteiger partial charge in [-0.1, -0.05) is 17.7 Å². The number of halogens is 1. The molecule has 0 saturated carbocycles. The standard InChI is InChI=1S/C17H24ClN5OS/c18-15-12-20-23(13-15)8-2-5-19-17(24)22-7-3-6-21(9-10-22)14-16-4-1-11-25-16/h1,4,11-13H,2-3,5-10,14H2,(H,19,24). The van der Waals surface area contributed by atoms with Crippen LogP contribution in [0.3, 0.4) is 0 Å². The van der Waals surface area contributed by atoms with Gasteiger partial charge in [0.1, 0.15) is 0 Å². The third kappa shape index (κ3) is 5.73. The van der Waals surface area contributed by atoms with E-state index in [1.54, 1.807) is 28.4 Å². The maximum Gasteiger partial charge on any atom is 0.317 e. The average molecular weight is 382 g/mol. The van der Waals surface area contributed by atoms with Crippen LogP contribution in [0, 0.1) is 0 Å². The van der Waals surface area contributed by atoms with Gasteiger partial charge in [0, 0.05) is 56.9 Å². The average Bonchev–Trinajstić information content (AvgIpc) is 3.19. The summed E-state index contributed by atoms with van der Waals surface area (Å²) in [7, 11) is 0. The molecule has 0 unspecified atom stereocenters. The first-order valence-corrected chi connectivity index (χ1v) is 9.92. The van der Waals surface area contributed by atoms with Crippen LogP contribution in [0.5, 0.6) is 0 Å². The minimum absolute atomic E-state index is 0.0384. The number of amides is 2. The van der Waals surface area contributed by atoms with Crippen LogP contribution in [-0.4, -0.2) is 58.3 Å². The first-order chi connectivity index (χ1) is 12.2. The van der Waals surface area contributed by atoms with Gasteiger partial charge in [-0.05, 0) is 24.3 Å². The molecule has 136 valence electrons. The number of aromatic nitrogens is 2. The minimum Gasteiger partial charge on any atom is -0.338 e. The van der Waals surface area contributed by atoms with Crippen LogP contribution in [0.4, 0.5) is 4.79 Å². The molecule has 0 atom stereocenters. The molecule has 8 heteroatoms. The molecule has 0 spiro atoms. The van der Waals surface area contributed by atoms with E-state index in [0.29, 0.717) is 11.6 Å². The fourth-order valence-corrected chi connectivity index (χ4v) is 3.87. The monoisotopic (exact) mass is 381 g/mol. The summed E-state index contributed by atoms with van der Waals surface area (Å²) in [6, 6.07) is 4.30. The van der Waals surface area contributed by atoms with Crippen molar-refractivity contribution in [1.29, 1.82) is 0 Å². The summed E-state index contributed by atoms with van der Waals surface area (Å²) < 4.78 is 1.79. The Kier molecular flexibility index (Phi) is 6.72. The fraction of sp³-hybridized carbons (Fsp3) is 0.529. The second kappa shape index (κ2) is 9.22. The van der Waals surface area contributed by atoms with Crippen LogP contribution < -0.4 is 5.32 Å². The lowest BCUT2D eigenvalue weighted by atomic mass is 10.3. The Bertz CT molecular complexity index is 660. The SMILES string of the molecule is O=C(NCCCn1cc(Cl)cn1)N1CCCN(Cc2cccs2)CC1. The molecule has 2 aromatic rings. The predicted octanol–water partition coefficient (Wildman–Crippen LogP) is 2.91. The van der Waals surface area contributed by atoms with E-state index in [1.165, 1.54) is 4.88 Å². The highest BCUT2D eigenvalue weighted by Crippen LogP contribution is 2.13. The summed E-state index contributed by atoms with van der Waals surface area (Å²) in [6.07, 6.45) is 5.27. The quantitative estimate of drug-likeness (QED) is 0.783. The third-order valence-electron chi connectivity index (χ3n) is 4.28. The zero-order valence-electron chi connectivity index (χ0n) is 14.2. The van der Waals surface area contributed by atoms with E-state index >= 15 is 0 Å². The molecule has 3 heterocycles. The Morgan fingerprint density at radius 1 is 1.32 bits per heavy atom. The summed E-state index contributed by atoms with van der Waals surface area (Å²) >= 11 is 7.63. The van der Waals surface area contributed by atoms with Crippen LogP contribution in [-0.2, 0) is 13.1 Å². The molecule has 1 saturated heterocycles. The van der Waals surface area contributed by atoms with Gasteiger partial charge in [0.2, 0.25) is 0 Å². The van der Waals surface area contributed by atoms with Crippen LogP contribution in [0.2, 0.25) is 5.02 Å². The third-order valence-corrected chi connectivity index (χ3v) is 5.33. The van der Waals surface area contributed by atoms with Crippen molar-refractivity contribution in [3.8, 4) is 0 Å². The maximum absolute atomic E-state index is 12.3.